The van der Waals surface area contributed by atoms with Crippen molar-refractivity contribution in [2.45, 2.75) is 11.3 Å². The minimum Gasteiger partial charge on any atom is -0.293 e. The predicted molar refractivity (Wildman–Crippen MR) is 95.0 cm³/mol. The molecule has 0 aliphatic heterocycles. The van der Waals surface area contributed by atoms with Crippen LogP contribution in [0.4, 0.5) is 0 Å². The highest BCUT2D eigenvalue weighted by molar-refractivity contribution is 6.24. The second-order valence-corrected chi connectivity index (χ2v) is 5.90. The van der Waals surface area contributed by atoms with Crippen LogP contribution in [-0.2, 0) is 0 Å². The Kier molecular flexibility index (Phi) is 4.89. The lowest BCUT2D eigenvalue weighted by molar-refractivity contribution is 0.0957. The number of rotatable bonds is 5. The maximum atomic E-state index is 13.1. The highest BCUT2D eigenvalue weighted by atomic mass is 35.5. The number of alkyl halides is 1. The summed E-state index contributed by atoms with van der Waals surface area (Å²) in [5.41, 5.74) is 2.57. The lowest BCUT2D eigenvalue weighted by Crippen LogP contribution is -2.18. The van der Waals surface area contributed by atoms with Gasteiger partial charge in [-0.25, -0.2) is 0 Å². The Bertz CT molecular complexity index is 754. The molecule has 0 radical (unpaired) electrons. The van der Waals surface area contributed by atoms with Crippen LogP contribution in [0.15, 0.2) is 91.0 Å². The average Bonchev–Trinajstić information content (AvgIpc) is 2.64. The van der Waals surface area contributed by atoms with Gasteiger partial charge in [-0.15, -0.1) is 11.6 Å². The van der Waals surface area contributed by atoms with E-state index in [0.29, 0.717) is 5.56 Å². The van der Waals surface area contributed by atoms with Crippen LogP contribution in [-0.4, -0.2) is 5.78 Å². The Balaban J connectivity index is 2.03. The molecule has 0 bridgehead atoms. The first-order valence-corrected chi connectivity index (χ1v) is 8.04. The zero-order chi connectivity index (χ0) is 16.1. The lowest BCUT2D eigenvalue weighted by Gasteiger charge is -2.22. The van der Waals surface area contributed by atoms with E-state index in [4.69, 9.17) is 11.6 Å². The number of carbonyl (C=O) groups is 1. The Morgan fingerprint density at radius 3 is 1.61 bits per heavy atom. The summed E-state index contributed by atoms with van der Waals surface area (Å²) in [5.74, 6) is -0.372. The molecule has 1 nitrogen and oxygen atoms in total. The minimum absolute atomic E-state index is 0.0423. The Hall–Kier alpha value is -2.38. The standard InChI is InChI=1S/C21H17ClO/c22-20(17-12-6-2-7-13-17)19(16-10-4-1-5-11-16)21(23)18-14-8-3-9-15-18/h1-15,19-20H/t19-,20-/m0/s1. The molecule has 0 amide bonds. The Labute approximate surface area is 141 Å². The Morgan fingerprint density at radius 1 is 0.652 bits per heavy atom. The van der Waals surface area contributed by atoms with E-state index in [2.05, 4.69) is 0 Å². The summed E-state index contributed by atoms with van der Waals surface area (Å²) in [4.78, 5) is 13.1. The number of Topliss-reactive ketones (excluding diaryl/α,β-unsaturated/α-hetero) is 1. The third-order valence-corrected chi connectivity index (χ3v) is 4.41. The van der Waals surface area contributed by atoms with E-state index in [1.807, 2.05) is 91.0 Å². The van der Waals surface area contributed by atoms with Crippen molar-refractivity contribution < 1.29 is 4.79 Å². The zero-order valence-corrected chi connectivity index (χ0v) is 13.4. The summed E-state index contributed by atoms with van der Waals surface area (Å²) in [6, 6.07) is 28.9. The fraction of sp³-hybridized carbons (Fsp3) is 0.0952. The first kappa shape index (κ1) is 15.5. The van der Waals surface area contributed by atoms with Crippen molar-refractivity contribution in [3.63, 3.8) is 0 Å². The molecule has 2 heteroatoms. The van der Waals surface area contributed by atoms with Crippen LogP contribution in [0, 0.1) is 0 Å². The highest BCUT2D eigenvalue weighted by Crippen LogP contribution is 2.38. The molecule has 0 aliphatic rings. The molecule has 3 aromatic rings. The summed E-state index contributed by atoms with van der Waals surface area (Å²) in [6.45, 7) is 0. The molecule has 0 spiro atoms. The van der Waals surface area contributed by atoms with E-state index in [0.717, 1.165) is 11.1 Å². The summed E-state index contributed by atoms with van der Waals surface area (Å²) in [5, 5.41) is -0.411. The fourth-order valence-electron chi connectivity index (χ4n) is 2.72. The molecular weight excluding hydrogens is 304 g/mol. The van der Waals surface area contributed by atoms with Gasteiger partial charge in [0.05, 0.1) is 11.3 Å². The largest absolute Gasteiger partial charge is 0.293 e. The van der Waals surface area contributed by atoms with E-state index in [-0.39, 0.29) is 5.78 Å². The number of hydrogen-bond donors (Lipinski definition) is 0. The molecule has 0 saturated heterocycles. The number of halogens is 1. The molecule has 23 heavy (non-hydrogen) atoms. The molecular formula is C21H17ClO. The van der Waals surface area contributed by atoms with Gasteiger partial charge in [0.2, 0.25) is 0 Å². The van der Waals surface area contributed by atoms with Gasteiger partial charge in [0, 0.05) is 5.56 Å². The van der Waals surface area contributed by atoms with Crippen molar-refractivity contribution >= 4 is 17.4 Å². The minimum atomic E-state index is -0.414. The van der Waals surface area contributed by atoms with Gasteiger partial charge < -0.3 is 0 Å². The maximum Gasteiger partial charge on any atom is 0.172 e. The number of ketones is 1. The molecule has 0 heterocycles. The van der Waals surface area contributed by atoms with Crippen molar-refractivity contribution in [1.82, 2.24) is 0 Å². The van der Waals surface area contributed by atoms with Crippen molar-refractivity contribution in [3.05, 3.63) is 108 Å². The van der Waals surface area contributed by atoms with Crippen LogP contribution in [0.2, 0.25) is 0 Å². The maximum absolute atomic E-state index is 13.1. The van der Waals surface area contributed by atoms with Crippen molar-refractivity contribution in [3.8, 4) is 0 Å². The van der Waals surface area contributed by atoms with Crippen LogP contribution in [0.25, 0.3) is 0 Å². The van der Waals surface area contributed by atoms with Crippen molar-refractivity contribution in [2.24, 2.45) is 0 Å². The molecule has 0 N–H and O–H groups in total. The van der Waals surface area contributed by atoms with Crippen LogP contribution < -0.4 is 0 Å². The molecule has 0 aromatic heterocycles. The molecule has 114 valence electrons. The molecule has 0 aliphatic carbocycles. The topological polar surface area (TPSA) is 17.1 Å². The molecule has 3 aromatic carbocycles. The van der Waals surface area contributed by atoms with Gasteiger partial charge in [-0.1, -0.05) is 91.0 Å². The third-order valence-electron chi connectivity index (χ3n) is 3.91. The predicted octanol–water partition coefficient (Wildman–Crippen LogP) is 5.63. The van der Waals surface area contributed by atoms with Crippen molar-refractivity contribution in [2.75, 3.05) is 0 Å². The average molecular weight is 321 g/mol. The van der Waals surface area contributed by atoms with Gasteiger partial charge in [-0.05, 0) is 11.1 Å². The summed E-state index contributed by atoms with van der Waals surface area (Å²) < 4.78 is 0. The van der Waals surface area contributed by atoms with E-state index in [1.54, 1.807) is 0 Å². The SMILES string of the molecule is O=C(c1ccccc1)[C@@H](c1ccccc1)[C@@H](Cl)c1ccccc1. The smallest absolute Gasteiger partial charge is 0.172 e. The van der Waals surface area contributed by atoms with Gasteiger partial charge in [-0.2, -0.15) is 0 Å². The number of benzene rings is 3. The first-order valence-electron chi connectivity index (χ1n) is 7.60. The Morgan fingerprint density at radius 2 is 1.09 bits per heavy atom. The van der Waals surface area contributed by atoms with Crippen LogP contribution in [0.5, 0.6) is 0 Å². The van der Waals surface area contributed by atoms with Crippen molar-refractivity contribution in [1.29, 1.82) is 0 Å². The normalized spacial score (nSPS) is 13.3. The molecule has 2 atom stereocenters. The number of carbonyl (C=O) groups excluding carboxylic acids is 1. The van der Waals surface area contributed by atoms with E-state index in [1.165, 1.54) is 0 Å². The third kappa shape index (κ3) is 3.52. The second kappa shape index (κ2) is 7.26. The first-order chi connectivity index (χ1) is 11.3. The van der Waals surface area contributed by atoms with Gasteiger partial charge >= 0.3 is 0 Å². The second-order valence-electron chi connectivity index (χ2n) is 5.43. The summed E-state index contributed by atoms with van der Waals surface area (Å²) >= 11 is 6.73. The number of hydrogen-bond acceptors (Lipinski definition) is 1. The monoisotopic (exact) mass is 320 g/mol. The quantitative estimate of drug-likeness (QED) is 0.439. The van der Waals surface area contributed by atoms with Gasteiger partial charge in [0.1, 0.15) is 0 Å². The van der Waals surface area contributed by atoms with Gasteiger partial charge in [0.15, 0.2) is 5.78 Å². The van der Waals surface area contributed by atoms with Crippen LogP contribution >= 0.6 is 11.6 Å². The van der Waals surface area contributed by atoms with E-state index < -0.39 is 11.3 Å². The van der Waals surface area contributed by atoms with Crippen LogP contribution in [0.3, 0.4) is 0 Å². The van der Waals surface area contributed by atoms with Crippen LogP contribution in [0.1, 0.15) is 32.8 Å². The molecule has 0 unspecified atom stereocenters. The van der Waals surface area contributed by atoms with E-state index >= 15 is 0 Å². The van der Waals surface area contributed by atoms with Gasteiger partial charge in [0.25, 0.3) is 0 Å². The highest BCUT2D eigenvalue weighted by Gasteiger charge is 2.30. The summed E-state index contributed by atoms with van der Waals surface area (Å²) in [6.07, 6.45) is 0. The van der Waals surface area contributed by atoms with Gasteiger partial charge in [-0.3, -0.25) is 4.79 Å². The lowest BCUT2D eigenvalue weighted by atomic mass is 9.85. The fourth-order valence-corrected chi connectivity index (χ4v) is 3.13. The zero-order valence-electron chi connectivity index (χ0n) is 12.6. The molecule has 0 saturated carbocycles. The van der Waals surface area contributed by atoms with E-state index in [9.17, 15) is 4.79 Å². The molecule has 0 fully saturated rings. The molecule has 3 rings (SSSR count). The summed E-state index contributed by atoms with van der Waals surface area (Å²) in [7, 11) is 0.